The number of rotatable bonds is 15. The molecule has 0 aromatic carbocycles. The monoisotopic (exact) mass is 494 g/mol. The van der Waals surface area contributed by atoms with Crippen LogP contribution in [0.1, 0.15) is 12.8 Å². The summed E-state index contributed by atoms with van der Waals surface area (Å²) in [5.74, 6) is 3.31. The van der Waals surface area contributed by atoms with Gasteiger partial charge in [0.15, 0.2) is 11.2 Å². The normalized spacial score (nSPS) is 13.7. The summed E-state index contributed by atoms with van der Waals surface area (Å²) in [7, 11) is 0.993. The lowest BCUT2D eigenvalue weighted by molar-refractivity contribution is 0.126. The number of nitrogen functional groups attached to an aromatic ring is 1. The summed E-state index contributed by atoms with van der Waals surface area (Å²) in [5.41, 5.74) is 6.90. The van der Waals surface area contributed by atoms with E-state index in [9.17, 15) is 0 Å². The minimum Gasteiger partial charge on any atom is -0.479 e. The summed E-state index contributed by atoms with van der Waals surface area (Å²) in [6.07, 6.45) is 4.10. The SMILES string of the molecule is COc1nc(N)nc2c1ncn2CCO[C](CCS(=S)CCO)CCS(=S)CCO. The minimum atomic E-state index is -0.260. The van der Waals surface area contributed by atoms with E-state index in [1.165, 1.54) is 7.11 Å². The highest BCUT2D eigenvalue weighted by atomic mass is 32.8. The van der Waals surface area contributed by atoms with Crippen molar-refractivity contribution in [1.29, 1.82) is 0 Å². The molecule has 0 spiro atoms. The van der Waals surface area contributed by atoms with Gasteiger partial charge in [0, 0.05) is 29.6 Å². The topological polar surface area (TPSA) is 129 Å². The van der Waals surface area contributed by atoms with Crippen molar-refractivity contribution in [3.8, 4) is 5.88 Å². The average molecular weight is 495 g/mol. The molecule has 30 heavy (non-hydrogen) atoms. The van der Waals surface area contributed by atoms with Crippen molar-refractivity contribution in [2.45, 2.75) is 19.4 Å². The number of nitrogens with zero attached hydrogens (tertiary/aromatic N) is 4. The van der Waals surface area contributed by atoms with E-state index < -0.39 is 0 Å². The second kappa shape index (κ2) is 13.6. The van der Waals surface area contributed by atoms with Crippen LogP contribution in [0.15, 0.2) is 6.33 Å². The number of fused-ring (bicyclic) bond motifs is 1. The van der Waals surface area contributed by atoms with Gasteiger partial charge < -0.3 is 30.0 Å². The summed E-state index contributed by atoms with van der Waals surface area (Å²) in [6.45, 7) is 1.18. The first-order chi connectivity index (χ1) is 14.5. The fourth-order valence-electron chi connectivity index (χ4n) is 2.66. The third kappa shape index (κ3) is 8.02. The number of anilines is 1. The third-order valence-electron chi connectivity index (χ3n) is 4.14. The third-order valence-corrected chi connectivity index (χ3v) is 8.73. The Balaban J connectivity index is 1.96. The van der Waals surface area contributed by atoms with Gasteiger partial charge in [-0.1, -0.05) is 22.4 Å². The van der Waals surface area contributed by atoms with Crippen molar-refractivity contribution in [2.75, 3.05) is 55.7 Å². The molecule has 0 saturated carbocycles. The Labute approximate surface area is 190 Å². The first kappa shape index (κ1) is 25.4. The van der Waals surface area contributed by atoms with E-state index in [0.717, 1.165) is 30.5 Å². The van der Waals surface area contributed by atoms with E-state index in [-0.39, 0.29) is 38.1 Å². The predicted molar refractivity (Wildman–Crippen MR) is 128 cm³/mol. The molecule has 2 atom stereocenters. The molecule has 2 aromatic heterocycles. The van der Waals surface area contributed by atoms with Crippen LogP contribution < -0.4 is 10.5 Å². The molecule has 2 unspecified atom stereocenters. The number of nitrogens with two attached hydrogens (primary N) is 1. The quantitative estimate of drug-likeness (QED) is 0.308. The summed E-state index contributed by atoms with van der Waals surface area (Å²) >= 11 is 10.8. The molecule has 9 nitrogen and oxygen atoms in total. The Morgan fingerprint density at radius 2 is 1.73 bits per heavy atom. The van der Waals surface area contributed by atoms with Crippen LogP contribution in [-0.4, -0.2) is 79.7 Å². The molecule has 0 saturated heterocycles. The number of aromatic nitrogens is 4. The molecule has 1 radical (unpaired) electrons. The Kier molecular flexibility index (Phi) is 11.5. The van der Waals surface area contributed by atoms with Gasteiger partial charge in [-0.25, -0.2) is 4.98 Å². The van der Waals surface area contributed by atoms with Crippen LogP contribution in [0.2, 0.25) is 0 Å². The van der Waals surface area contributed by atoms with E-state index in [1.807, 2.05) is 4.57 Å². The van der Waals surface area contributed by atoms with Crippen LogP contribution in [0.4, 0.5) is 5.95 Å². The second-order valence-corrected chi connectivity index (χ2v) is 12.5. The Morgan fingerprint density at radius 3 is 2.30 bits per heavy atom. The van der Waals surface area contributed by atoms with Gasteiger partial charge in [-0.2, -0.15) is 9.97 Å². The molecule has 0 fully saturated rings. The highest BCUT2D eigenvalue weighted by Gasteiger charge is 2.15. The van der Waals surface area contributed by atoms with Crippen LogP contribution in [0.5, 0.6) is 5.88 Å². The smallest absolute Gasteiger partial charge is 0.246 e. The van der Waals surface area contributed by atoms with Gasteiger partial charge in [-0.3, -0.25) is 0 Å². The van der Waals surface area contributed by atoms with Crippen molar-refractivity contribution in [3.63, 3.8) is 0 Å². The first-order valence-electron chi connectivity index (χ1n) is 9.40. The van der Waals surface area contributed by atoms with Gasteiger partial charge in [0.2, 0.25) is 11.8 Å². The lowest BCUT2D eigenvalue weighted by Gasteiger charge is -2.18. The Bertz CT molecular complexity index is 829. The zero-order chi connectivity index (χ0) is 21.9. The summed E-state index contributed by atoms with van der Waals surface area (Å²) in [6, 6.07) is 0. The fourth-order valence-corrected chi connectivity index (χ4v) is 5.33. The molecule has 169 valence electrons. The van der Waals surface area contributed by atoms with Crippen molar-refractivity contribution in [2.24, 2.45) is 0 Å². The van der Waals surface area contributed by atoms with E-state index in [2.05, 4.69) is 15.0 Å². The lowest BCUT2D eigenvalue weighted by atomic mass is 10.2. The second-order valence-electron chi connectivity index (χ2n) is 6.23. The zero-order valence-corrected chi connectivity index (χ0v) is 20.1. The first-order valence-corrected chi connectivity index (χ1v) is 14.4. The standard InChI is InChI=1S/C17H28N5O4S4/c1-25-16-14-15(20-17(18)21-16)22(12-19-14)4-7-26-13(2-8-29(27)10-5-23)3-9-30(28)11-6-24/h12,23-24H,2-11H2,1H3,(H2,18,20,21). The molecule has 0 aliphatic rings. The van der Waals surface area contributed by atoms with E-state index in [4.69, 9.17) is 47.8 Å². The van der Waals surface area contributed by atoms with Crippen LogP contribution in [-0.2, 0) is 52.6 Å². The van der Waals surface area contributed by atoms with Gasteiger partial charge >= 0.3 is 0 Å². The van der Waals surface area contributed by atoms with Gasteiger partial charge in [-0.15, -0.1) is 18.9 Å². The number of aliphatic hydroxyl groups excluding tert-OH is 2. The van der Waals surface area contributed by atoms with Crippen LogP contribution in [0.3, 0.4) is 0 Å². The highest BCUT2D eigenvalue weighted by molar-refractivity contribution is 8.29. The average Bonchev–Trinajstić information content (AvgIpc) is 3.12. The molecule has 0 aliphatic heterocycles. The molecule has 0 amide bonds. The Morgan fingerprint density at radius 1 is 1.10 bits per heavy atom. The zero-order valence-electron chi connectivity index (χ0n) is 16.9. The molecule has 2 aromatic rings. The van der Waals surface area contributed by atoms with Gasteiger partial charge in [-0.05, 0) is 12.8 Å². The van der Waals surface area contributed by atoms with Crippen molar-refractivity contribution in [1.82, 2.24) is 19.5 Å². The van der Waals surface area contributed by atoms with E-state index >= 15 is 0 Å². The molecule has 2 heterocycles. The maximum atomic E-state index is 9.06. The molecular weight excluding hydrogens is 466 g/mol. The largest absolute Gasteiger partial charge is 0.479 e. The maximum absolute atomic E-state index is 9.06. The van der Waals surface area contributed by atoms with Crippen molar-refractivity contribution < 1.29 is 19.7 Å². The van der Waals surface area contributed by atoms with Crippen molar-refractivity contribution in [3.05, 3.63) is 12.4 Å². The number of hydrogen-bond donors (Lipinski definition) is 3. The van der Waals surface area contributed by atoms with Crippen LogP contribution in [0, 0.1) is 6.10 Å². The van der Waals surface area contributed by atoms with E-state index in [0.29, 0.717) is 41.7 Å². The number of methoxy groups -OCH3 is 1. The molecular formula is C17H28N5O4S4. The lowest BCUT2D eigenvalue weighted by Crippen LogP contribution is -2.17. The molecule has 13 heteroatoms. The molecule has 0 aliphatic carbocycles. The fraction of sp³-hybridized carbons (Fsp3) is 0.647. The molecule has 2 rings (SSSR count). The molecule has 4 N–H and O–H groups in total. The van der Waals surface area contributed by atoms with Crippen LogP contribution >= 0.6 is 0 Å². The number of aliphatic hydroxyl groups is 2. The highest BCUT2D eigenvalue weighted by Crippen LogP contribution is 2.22. The minimum absolute atomic E-state index is 0.108. The number of ether oxygens (including phenoxy) is 2. The number of hydrogen-bond acceptors (Lipinski definition) is 10. The summed E-state index contributed by atoms with van der Waals surface area (Å²) < 4.78 is 13.1. The van der Waals surface area contributed by atoms with Gasteiger partial charge in [0.25, 0.3) is 0 Å². The summed E-state index contributed by atoms with van der Waals surface area (Å²) in [4.78, 5) is 12.6. The van der Waals surface area contributed by atoms with E-state index in [1.54, 1.807) is 6.33 Å². The maximum Gasteiger partial charge on any atom is 0.246 e. The van der Waals surface area contributed by atoms with Crippen LogP contribution in [0.25, 0.3) is 11.2 Å². The van der Waals surface area contributed by atoms with Crippen molar-refractivity contribution >= 4 is 58.4 Å². The molecule has 0 bridgehead atoms. The Hall–Kier alpha value is -0.830. The summed E-state index contributed by atoms with van der Waals surface area (Å²) in [5, 5.41) is 18.1. The number of imidazole rings is 1. The predicted octanol–water partition coefficient (Wildman–Crippen LogP) is -0.109. The van der Waals surface area contributed by atoms with Gasteiger partial charge in [0.1, 0.15) is 0 Å². The van der Waals surface area contributed by atoms with Gasteiger partial charge in [0.05, 0.1) is 39.4 Å².